The Balaban J connectivity index is 1.58. The topological polar surface area (TPSA) is 70.2 Å². The third-order valence-electron chi connectivity index (χ3n) is 6.48. The predicted octanol–water partition coefficient (Wildman–Crippen LogP) is 6.63. The van der Waals surface area contributed by atoms with Crippen molar-refractivity contribution >= 4 is 29.4 Å². The van der Waals surface area contributed by atoms with Gasteiger partial charge in [-0.1, -0.05) is 56.1 Å². The summed E-state index contributed by atoms with van der Waals surface area (Å²) in [5, 5.41) is 6.75. The second-order valence-electron chi connectivity index (χ2n) is 11.2. The normalized spacial score (nSPS) is 16.4. The molecule has 1 aliphatic heterocycles. The maximum Gasteiger partial charge on any atom is 0.261 e. The lowest BCUT2D eigenvalue weighted by molar-refractivity contribution is 0.0918. The number of anilines is 1. The van der Waals surface area contributed by atoms with Gasteiger partial charge in [-0.15, -0.1) is 0 Å². The highest BCUT2D eigenvalue weighted by Gasteiger charge is 2.36. The summed E-state index contributed by atoms with van der Waals surface area (Å²) >= 11 is 1.31. The average Bonchev–Trinajstić information content (AvgIpc) is 2.82. The minimum absolute atomic E-state index is 0.0604. The van der Waals surface area contributed by atoms with Gasteiger partial charge in [0.1, 0.15) is 0 Å². The number of benzene rings is 3. The second kappa shape index (κ2) is 10.0. The van der Waals surface area contributed by atoms with Crippen LogP contribution in [-0.2, 0) is 6.42 Å². The summed E-state index contributed by atoms with van der Waals surface area (Å²) in [6, 6.07) is 22.4. The van der Waals surface area contributed by atoms with Crippen molar-refractivity contribution in [2.45, 2.75) is 52.6 Å². The third-order valence-corrected chi connectivity index (χ3v) is 6.87. The predicted molar refractivity (Wildman–Crippen MR) is 150 cm³/mol. The Labute approximate surface area is 218 Å². The van der Waals surface area contributed by atoms with E-state index >= 15 is 0 Å². The number of rotatable bonds is 5. The van der Waals surface area contributed by atoms with Gasteiger partial charge in [0.15, 0.2) is 0 Å². The third kappa shape index (κ3) is 5.76. The molecule has 4 rings (SSSR count). The van der Waals surface area contributed by atoms with Gasteiger partial charge in [-0.3, -0.25) is 14.3 Å². The molecule has 3 N–H and O–H groups in total. The van der Waals surface area contributed by atoms with Gasteiger partial charge in [-0.25, -0.2) is 0 Å². The Morgan fingerprint density at radius 2 is 1.61 bits per heavy atom. The van der Waals surface area contributed by atoms with Crippen LogP contribution in [0.25, 0.3) is 11.1 Å². The molecule has 1 aliphatic rings. The van der Waals surface area contributed by atoms with Crippen LogP contribution in [0.3, 0.4) is 0 Å². The molecule has 6 heteroatoms. The highest BCUT2D eigenvalue weighted by molar-refractivity contribution is 7.97. The molecule has 0 spiro atoms. The van der Waals surface area contributed by atoms with E-state index in [1.807, 2.05) is 69.5 Å². The molecule has 0 aliphatic carbocycles. The van der Waals surface area contributed by atoms with Gasteiger partial charge < -0.3 is 10.6 Å². The first-order valence-electron chi connectivity index (χ1n) is 12.2. The van der Waals surface area contributed by atoms with Crippen LogP contribution in [0.5, 0.6) is 0 Å². The molecule has 1 atom stereocenters. The van der Waals surface area contributed by atoms with Crippen molar-refractivity contribution < 1.29 is 9.59 Å². The van der Waals surface area contributed by atoms with Crippen molar-refractivity contribution in [3.05, 3.63) is 89.0 Å². The maximum absolute atomic E-state index is 12.5. The zero-order valence-corrected chi connectivity index (χ0v) is 22.7. The summed E-state index contributed by atoms with van der Waals surface area (Å²) in [4.78, 5) is 24.8. The van der Waals surface area contributed by atoms with Gasteiger partial charge in [-0.05, 0) is 91.3 Å². The summed E-state index contributed by atoms with van der Waals surface area (Å²) in [5.41, 5.74) is 6.63. The number of hydrogen-bond acceptors (Lipinski definition) is 4. The van der Waals surface area contributed by atoms with E-state index in [1.165, 1.54) is 17.5 Å². The fraction of sp³-hybridized carbons (Fsp3) is 0.333. The molecule has 1 unspecified atom stereocenters. The SMILES string of the molecule is CSNC(=O)c1ccc2c(c1)CC(C)(C)C(c1cccc(-c3ccc(C(=O)NC(C)(C)C)cc3)c1)N2. The molecule has 0 fully saturated rings. The van der Waals surface area contributed by atoms with E-state index in [9.17, 15) is 9.59 Å². The Morgan fingerprint density at radius 3 is 2.28 bits per heavy atom. The first kappa shape index (κ1) is 25.8. The van der Waals surface area contributed by atoms with Crippen LogP contribution in [0.4, 0.5) is 5.69 Å². The average molecular weight is 502 g/mol. The quantitative estimate of drug-likeness (QED) is 0.343. The lowest BCUT2D eigenvalue weighted by atomic mass is 9.72. The first-order chi connectivity index (χ1) is 17.0. The summed E-state index contributed by atoms with van der Waals surface area (Å²) in [6.45, 7) is 10.5. The molecule has 2 amide bonds. The number of carbonyl (C=O) groups excluding carboxylic acids is 2. The van der Waals surface area contributed by atoms with Crippen molar-refractivity contribution in [1.29, 1.82) is 0 Å². The van der Waals surface area contributed by atoms with Gasteiger partial charge >= 0.3 is 0 Å². The molecular formula is C30H35N3O2S. The maximum atomic E-state index is 12.5. The van der Waals surface area contributed by atoms with E-state index in [4.69, 9.17) is 0 Å². The fourth-order valence-corrected chi connectivity index (χ4v) is 5.08. The van der Waals surface area contributed by atoms with Gasteiger partial charge in [0.2, 0.25) is 0 Å². The first-order valence-corrected chi connectivity index (χ1v) is 13.4. The molecule has 0 aromatic heterocycles. The number of fused-ring (bicyclic) bond motifs is 1. The molecule has 188 valence electrons. The van der Waals surface area contributed by atoms with Gasteiger partial charge in [0, 0.05) is 28.6 Å². The van der Waals surface area contributed by atoms with E-state index < -0.39 is 0 Å². The Bertz CT molecular complexity index is 1280. The molecule has 3 aromatic carbocycles. The molecule has 36 heavy (non-hydrogen) atoms. The van der Waals surface area contributed by atoms with Crippen LogP contribution in [0, 0.1) is 5.41 Å². The van der Waals surface area contributed by atoms with Gasteiger partial charge in [0.25, 0.3) is 11.8 Å². The van der Waals surface area contributed by atoms with Crippen molar-refractivity contribution in [2.75, 3.05) is 11.6 Å². The lowest BCUT2D eigenvalue weighted by Gasteiger charge is -2.41. The molecule has 0 saturated heterocycles. The largest absolute Gasteiger partial charge is 0.377 e. The molecule has 0 bridgehead atoms. The van der Waals surface area contributed by atoms with E-state index in [2.05, 4.69) is 53.5 Å². The molecule has 1 heterocycles. The van der Waals surface area contributed by atoms with E-state index in [-0.39, 0.29) is 28.8 Å². The number of nitrogens with one attached hydrogen (secondary N) is 3. The minimum atomic E-state index is -0.273. The molecule has 0 radical (unpaired) electrons. The number of hydrogen-bond donors (Lipinski definition) is 3. The lowest BCUT2D eigenvalue weighted by Crippen LogP contribution is -2.40. The van der Waals surface area contributed by atoms with E-state index in [0.29, 0.717) is 11.1 Å². The van der Waals surface area contributed by atoms with E-state index in [0.717, 1.165) is 28.8 Å². The highest BCUT2D eigenvalue weighted by atomic mass is 32.2. The Morgan fingerprint density at radius 1 is 0.917 bits per heavy atom. The molecule has 0 saturated carbocycles. The zero-order chi connectivity index (χ0) is 26.1. The fourth-order valence-electron chi connectivity index (χ4n) is 4.78. The van der Waals surface area contributed by atoms with Crippen LogP contribution < -0.4 is 15.4 Å². The van der Waals surface area contributed by atoms with Crippen LogP contribution in [0.1, 0.15) is 72.5 Å². The Hall–Kier alpha value is -3.25. The van der Waals surface area contributed by atoms with E-state index in [1.54, 1.807) is 0 Å². The van der Waals surface area contributed by atoms with Gasteiger partial charge in [-0.2, -0.15) is 0 Å². The van der Waals surface area contributed by atoms with Crippen molar-refractivity contribution in [3.63, 3.8) is 0 Å². The molecule has 3 aromatic rings. The van der Waals surface area contributed by atoms with Crippen molar-refractivity contribution in [2.24, 2.45) is 5.41 Å². The summed E-state index contributed by atoms with van der Waals surface area (Å²) in [7, 11) is 0. The van der Waals surface area contributed by atoms with Crippen LogP contribution in [-0.4, -0.2) is 23.6 Å². The second-order valence-corrected chi connectivity index (χ2v) is 11.8. The number of amides is 2. The highest BCUT2D eigenvalue weighted by Crippen LogP contribution is 2.45. The van der Waals surface area contributed by atoms with Crippen molar-refractivity contribution in [3.8, 4) is 11.1 Å². The zero-order valence-electron chi connectivity index (χ0n) is 21.9. The smallest absolute Gasteiger partial charge is 0.261 e. The Kier molecular flexibility index (Phi) is 7.19. The summed E-state index contributed by atoms with van der Waals surface area (Å²) in [5.74, 6) is -0.136. The summed E-state index contributed by atoms with van der Waals surface area (Å²) in [6.07, 6.45) is 2.71. The van der Waals surface area contributed by atoms with Crippen LogP contribution >= 0.6 is 11.9 Å². The van der Waals surface area contributed by atoms with Gasteiger partial charge in [0.05, 0.1) is 6.04 Å². The molecule has 5 nitrogen and oxygen atoms in total. The molecular weight excluding hydrogens is 466 g/mol. The van der Waals surface area contributed by atoms with Crippen LogP contribution in [0.15, 0.2) is 66.7 Å². The van der Waals surface area contributed by atoms with Crippen molar-refractivity contribution in [1.82, 2.24) is 10.0 Å². The minimum Gasteiger partial charge on any atom is -0.377 e. The summed E-state index contributed by atoms with van der Waals surface area (Å²) < 4.78 is 2.80. The standard InChI is InChI=1S/C30H35N3O2S/c1-29(2,3)32-27(34)20-12-10-19(11-13-20)21-8-7-9-22(16-21)26-30(4,5)18-24-17-23(28(35)33-36-6)14-15-25(24)31-26/h7-17,26,31H,18H2,1-6H3,(H,32,34)(H,33,35). The van der Waals surface area contributed by atoms with Crippen LogP contribution in [0.2, 0.25) is 0 Å². The number of carbonyl (C=O) groups is 2. The monoisotopic (exact) mass is 501 g/mol.